The van der Waals surface area contributed by atoms with Crippen molar-refractivity contribution in [2.45, 2.75) is 19.4 Å². The van der Waals surface area contributed by atoms with Gasteiger partial charge in [0.05, 0.1) is 5.75 Å². The number of fused-ring (bicyclic) bond motifs is 1. The molecular formula is C14H22N2O2S. The number of hydrogen-bond acceptors (Lipinski definition) is 4. The largest absolute Gasteiger partial charge is 0.370 e. The van der Waals surface area contributed by atoms with Crippen molar-refractivity contribution < 1.29 is 8.42 Å². The third kappa shape index (κ3) is 3.48. The Morgan fingerprint density at radius 2 is 2.16 bits per heavy atom. The molecule has 0 fully saturated rings. The molecule has 1 aliphatic rings. The van der Waals surface area contributed by atoms with Crippen molar-refractivity contribution in [3.63, 3.8) is 0 Å². The topological polar surface area (TPSA) is 49.4 Å². The lowest BCUT2D eigenvalue weighted by Crippen LogP contribution is -2.27. The molecule has 0 bridgehead atoms. The van der Waals surface area contributed by atoms with Crippen molar-refractivity contribution in [2.75, 3.05) is 37.0 Å². The summed E-state index contributed by atoms with van der Waals surface area (Å²) < 4.78 is 22.5. The molecule has 5 heteroatoms. The first-order valence-electron chi connectivity index (χ1n) is 6.63. The van der Waals surface area contributed by atoms with Gasteiger partial charge in [-0.3, -0.25) is 0 Å². The third-order valence-electron chi connectivity index (χ3n) is 3.76. The maximum absolute atomic E-state index is 11.2. The van der Waals surface area contributed by atoms with Crippen LogP contribution in [0, 0.1) is 0 Å². The molecule has 1 aliphatic heterocycles. The van der Waals surface area contributed by atoms with E-state index in [2.05, 4.69) is 35.3 Å². The molecule has 106 valence electrons. The SMILES string of the molecule is CNC(C)c1ccc2c(c1)CCN2CCS(C)(=O)=O. The van der Waals surface area contributed by atoms with Crippen LogP contribution < -0.4 is 10.2 Å². The number of anilines is 1. The molecule has 0 saturated carbocycles. The van der Waals surface area contributed by atoms with E-state index >= 15 is 0 Å². The summed E-state index contributed by atoms with van der Waals surface area (Å²) in [4.78, 5) is 2.17. The first-order valence-corrected chi connectivity index (χ1v) is 8.69. The third-order valence-corrected chi connectivity index (χ3v) is 4.68. The highest BCUT2D eigenvalue weighted by molar-refractivity contribution is 7.90. The van der Waals surface area contributed by atoms with Gasteiger partial charge in [-0.2, -0.15) is 0 Å². The minimum Gasteiger partial charge on any atom is -0.370 e. The molecular weight excluding hydrogens is 260 g/mol. The lowest BCUT2D eigenvalue weighted by atomic mass is 10.0. The summed E-state index contributed by atoms with van der Waals surface area (Å²) in [7, 11) is -0.937. The summed E-state index contributed by atoms with van der Waals surface area (Å²) in [5.74, 6) is 0.223. The van der Waals surface area contributed by atoms with Crippen molar-refractivity contribution in [1.82, 2.24) is 5.32 Å². The fourth-order valence-electron chi connectivity index (χ4n) is 2.43. The van der Waals surface area contributed by atoms with Crippen molar-refractivity contribution in [2.24, 2.45) is 0 Å². The number of nitrogens with zero attached hydrogens (tertiary/aromatic N) is 1. The second-order valence-corrected chi connectivity index (χ2v) is 7.53. The zero-order chi connectivity index (χ0) is 14.0. The molecule has 4 nitrogen and oxygen atoms in total. The van der Waals surface area contributed by atoms with Crippen LogP contribution in [0.15, 0.2) is 18.2 Å². The van der Waals surface area contributed by atoms with Gasteiger partial charge in [-0.1, -0.05) is 12.1 Å². The number of nitrogens with one attached hydrogen (secondary N) is 1. The number of rotatable bonds is 5. The highest BCUT2D eigenvalue weighted by atomic mass is 32.2. The zero-order valence-corrected chi connectivity index (χ0v) is 12.6. The summed E-state index contributed by atoms with van der Waals surface area (Å²) in [6, 6.07) is 6.82. The minimum atomic E-state index is -2.89. The van der Waals surface area contributed by atoms with Gasteiger partial charge < -0.3 is 10.2 Å². The van der Waals surface area contributed by atoms with Crippen LogP contribution in [0.2, 0.25) is 0 Å². The smallest absolute Gasteiger partial charge is 0.149 e. The lowest BCUT2D eigenvalue weighted by molar-refractivity contribution is 0.600. The average molecular weight is 282 g/mol. The maximum atomic E-state index is 11.2. The van der Waals surface area contributed by atoms with E-state index in [1.165, 1.54) is 23.1 Å². The van der Waals surface area contributed by atoms with Gasteiger partial charge in [0.15, 0.2) is 0 Å². The normalized spacial score (nSPS) is 16.5. The quantitative estimate of drug-likeness (QED) is 0.886. The van der Waals surface area contributed by atoms with Crippen molar-refractivity contribution in [3.05, 3.63) is 29.3 Å². The first-order chi connectivity index (χ1) is 8.90. The van der Waals surface area contributed by atoms with Gasteiger partial charge in [0.25, 0.3) is 0 Å². The van der Waals surface area contributed by atoms with Crippen LogP contribution in [-0.4, -0.2) is 40.6 Å². The molecule has 1 unspecified atom stereocenters. The van der Waals surface area contributed by atoms with Crippen LogP contribution >= 0.6 is 0 Å². The van der Waals surface area contributed by atoms with Gasteiger partial charge in [-0.15, -0.1) is 0 Å². The Balaban J connectivity index is 2.13. The van der Waals surface area contributed by atoms with Gasteiger partial charge in [-0.25, -0.2) is 8.42 Å². The van der Waals surface area contributed by atoms with Crippen LogP contribution in [0.4, 0.5) is 5.69 Å². The van der Waals surface area contributed by atoms with Crippen LogP contribution in [0.5, 0.6) is 0 Å². The summed E-state index contributed by atoms with van der Waals surface area (Å²) in [6.45, 7) is 3.65. The van der Waals surface area contributed by atoms with E-state index in [4.69, 9.17) is 0 Å². The second-order valence-electron chi connectivity index (χ2n) is 5.27. The van der Waals surface area contributed by atoms with Gasteiger partial charge in [0.1, 0.15) is 9.84 Å². The molecule has 19 heavy (non-hydrogen) atoms. The molecule has 1 aromatic rings. The zero-order valence-electron chi connectivity index (χ0n) is 11.8. The Bertz CT molecular complexity index is 555. The predicted molar refractivity (Wildman–Crippen MR) is 79.5 cm³/mol. The Morgan fingerprint density at radius 1 is 1.42 bits per heavy atom. The number of sulfone groups is 1. The van der Waals surface area contributed by atoms with E-state index in [1.54, 1.807) is 0 Å². The van der Waals surface area contributed by atoms with Crippen LogP contribution in [0.25, 0.3) is 0 Å². The minimum absolute atomic E-state index is 0.223. The molecule has 2 rings (SSSR count). The highest BCUT2D eigenvalue weighted by Crippen LogP contribution is 2.30. The number of hydrogen-bond donors (Lipinski definition) is 1. The summed E-state index contributed by atoms with van der Waals surface area (Å²) >= 11 is 0. The molecule has 1 N–H and O–H groups in total. The van der Waals surface area contributed by atoms with E-state index in [0.29, 0.717) is 12.6 Å². The Kier molecular flexibility index (Phi) is 4.16. The van der Waals surface area contributed by atoms with Gasteiger partial charge >= 0.3 is 0 Å². The van der Waals surface area contributed by atoms with E-state index < -0.39 is 9.84 Å². The summed E-state index contributed by atoms with van der Waals surface area (Å²) in [5, 5.41) is 3.24. The van der Waals surface area contributed by atoms with Crippen LogP contribution in [0.1, 0.15) is 24.1 Å². The second kappa shape index (κ2) is 5.51. The molecule has 0 radical (unpaired) electrons. The van der Waals surface area contributed by atoms with Gasteiger partial charge in [0.2, 0.25) is 0 Å². The standard InChI is InChI=1S/C14H22N2O2S/c1-11(15-2)12-4-5-14-13(10-12)6-7-16(14)8-9-19(3,17)18/h4-5,10-11,15H,6-9H2,1-3H3. The van der Waals surface area contributed by atoms with Gasteiger partial charge in [0, 0.05) is 31.1 Å². The Morgan fingerprint density at radius 3 is 2.79 bits per heavy atom. The summed E-state index contributed by atoms with van der Waals surface area (Å²) in [6.07, 6.45) is 2.30. The van der Waals surface area contributed by atoms with Crippen molar-refractivity contribution in [1.29, 1.82) is 0 Å². The van der Waals surface area contributed by atoms with Crippen molar-refractivity contribution in [3.8, 4) is 0 Å². The molecule has 1 heterocycles. The van der Waals surface area contributed by atoms with E-state index in [1.807, 2.05) is 7.05 Å². The molecule has 1 aromatic carbocycles. The highest BCUT2D eigenvalue weighted by Gasteiger charge is 2.20. The van der Waals surface area contributed by atoms with Crippen LogP contribution in [0.3, 0.4) is 0 Å². The molecule has 0 aromatic heterocycles. The molecule has 0 spiro atoms. The Labute approximate surface area is 115 Å². The van der Waals surface area contributed by atoms with E-state index in [-0.39, 0.29) is 5.75 Å². The molecule has 0 amide bonds. The molecule has 0 aliphatic carbocycles. The van der Waals surface area contributed by atoms with E-state index in [0.717, 1.165) is 13.0 Å². The number of benzene rings is 1. The van der Waals surface area contributed by atoms with E-state index in [9.17, 15) is 8.42 Å². The van der Waals surface area contributed by atoms with Gasteiger partial charge in [-0.05, 0) is 37.6 Å². The lowest BCUT2D eigenvalue weighted by Gasteiger charge is -2.19. The monoisotopic (exact) mass is 282 g/mol. The first kappa shape index (κ1) is 14.3. The fraction of sp³-hybridized carbons (Fsp3) is 0.571. The Hall–Kier alpha value is -1.07. The molecule has 0 saturated heterocycles. The predicted octanol–water partition coefficient (Wildman–Crippen LogP) is 1.37. The average Bonchev–Trinajstić information content (AvgIpc) is 2.76. The van der Waals surface area contributed by atoms with Crippen LogP contribution in [-0.2, 0) is 16.3 Å². The maximum Gasteiger partial charge on any atom is 0.149 e. The molecule has 1 atom stereocenters. The van der Waals surface area contributed by atoms with Crippen molar-refractivity contribution >= 4 is 15.5 Å². The summed E-state index contributed by atoms with van der Waals surface area (Å²) in [5.41, 5.74) is 3.80. The fourth-order valence-corrected chi connectivity index (χ4v) is 2.99.